The van der Waals surface area contributed by atoms with Gasteiger partial charge in [0.1, 0.15) is 12.5 Å². The molecule has 0 radical (unpaired) electrons. The molecule has 0 heterocycles. The van der Waals surface area contributed by atoms with Crippen LogP contribution in [0.1, 0.15) is 39.3 Å². The average molecular weight is 444 g/mol. The van der Waals surface area contributed by atoms with Crippen LogP contribution in [0.2, 0.25) is 5.02 Å². The minimum atomic E-state index is -5.08. The summed E-state index contributed by atoms with van der Waals surface area (Å²) < 4.78 is 88.0. The molecule has 1 aromatic rings. The van der Waals surface area contributed by atoms with Crippen molar-refractivity contribution in [1.82, 2.24) is 0 Å². The molecule has 6 nitrogen and oxygen atoms in total. The number of alkyl halides is 3. The molecular weight excluding hydrogens is 425 g/mol. The molecule has 1 aliphatic carbocycles. The lowest BCUT2D eigenvalue weighted by molar-refractivity contribution is -0.176. The number of hydrogen-bond acceptors (Lipinski definition) is 6. The van der Waals surface area contributed by atoms with E-state index in [1.165, 1.54) is 0 Å². The van der Waals surface area contributed by atoms with Gasteiger partial charge < -0.3 is 4.74 Å². The SMILES string of the molecule is [2H]C([2H])([2H])S(=O)(=O)c1ccc(C(=O)C2C(=O)CCCC2=O)c(Cl)c1COCC(F)(F)F. The van der Waals surface area contributed by atoms with Crippen LogP contribution in [0.5, 0.6) is 0 Å². The number of ether oxygens (including phenoxy) is 1. The van der Waals surface area contributed by atoms with Gasteiger partial charge in [0.2, 0.25) is 0 Å². The van der Waals surface area contributed by atoms with Crippen LogP contribution in [0.25, 0.3) is 0 Å². The number of carbonyl (C=O) groups is 3. The highest BCUT2D eigenvalue weighted by Gasteiger charge is 2.38. The van der Waals surface area contributed by atoms with E-state index in [0.29, 0.717) is 6.07 Å². The largest absolute Gasteiger partial charge is 0.411 e. The Morgan fingerprint density at radius 3 is 2.43 bits per heavy atom. The molecular formula is C17H16ClF3O6S. The zero-order chi connectivity index (χ0) is 23.8. The number of benzene rings is 1. The summed E-state index contributed by atoms with van der Waals surface area (Å²) >= 11 is 6.08. The van der Waals surface area contributed by atoms with E-state index in [-0.39, 0.29) is 19.3 Å². The predicted molar refractivity (Wildman–Crippen MR) is 92.0 cm³/mol. The zero-order valence-corrected chi connectivity index (χ0v) is 15.7. The van der Waals surface area contributed by atoms with E-state index >= 15 is 0 Å². The Hall–Kier alpha value is -1.78. The highest BCUT2D eigenvalue weighted by atomic mass is 35.5. The molecule has 0 saturated heterocycles. The topological polar surface area (TPSA) is 94.6 Å². The summed E-state index contributed by atoms with van der Waals surface area (Å²) in [5.41, 5.74) is -1.19. The van der Waals surface area contributed by atoms with Gasteiger partial charge in [0, 0.05) is 34.3 Å². The molecule has 11 heteroatoms. The Labute approximate surface area is 168 Å². The van der Waals surface area contributed by atoms with Crippen LogP contribution in [0.3, 0.4) is 0 Å². The van der Waals surface area contributed by atoms with Crippen molar-refractivity contribution in [2.75, 3.05) is 12.8 Å². The second kappa shape index (κ2) is 8.30. The number of rotatable bonds is 6. The summed E-state index contributed by atoms with van der Waals surface area (Å²) in [7, 11) is -5.08. The number of ketones is 3. The van der Waals surface area contributed by atoms with Crippen LogP contribution in [-0.4, -0.2) is 44.7 Å². The van der Waals surface area contributed by atoms with Gasteiger partial charge in [-0.1, -0.05) is 11.6 Å². The maximum Gasteiger partial charge on any atom is 0.411 e. The number of carbonyl (C=O) groups excluding carboxylic acids is 3. The van der Waals surface area contributed by atoms with E-state index < -0.39 is 79.7 Å². The Morgan fingerprint density at radius 2 is 1.89 bits per heavy atom. The van der Waals surface area contributed by atoms with Crippen LogP contribution >= 0.6 is 11.6 Å². The fourth-order valence-electron chi connectivity index (χ4n) is 2.80. The number of sulfone groups is 1. The lowest BCUT2D eigenvalue weighted by Crippen LogP contribution is -2.35. The molecule has 1 aromatic carbocycles. The molecule has 28 heavy (non-hydrogen) atoms. The second-order valence-corrected chi connectivity index (χ2v) is 7.92. The molecule has 0 amide bonds. The zero-order valence-electron chi connectivity index (χ0n) is 17.1. The maximum absolute atomic E-state index is 12.8. The normalized spacial score (nSPS) is 18.5. The Bertz CT molecular complexity index is 1010. The van der Waals surface area contributed by atoms with Crippen molar-refractivity contribution in [3.05, 3.63) is 28.3 Å². The fraction of sp³-hybridized carbons (Fsp3) is 0.471. The van der Waals surface area contributed by atoms with Crippen molar-refractivity contribution in [2.45, 2.75) is 36.9 Å². The smallest absolute Gasteiger partial charge is 0.367 e. The van der Waals surface area contributed by atoms with Crippen molar-refractivity contribution in [3.8, 4) is 0 Å². The summed E-state index contributed by atoms with van der Waals surface area (Å²) in [6.07, 6.45) is -8.15. The molecule has 1 aliphatic rings. The fourth-order valence-corrected chi connectivity index (χ4v) is 3.90. The van der Waals surface area contributed by atoms with E-state index in [0.717, 1.165) is 6.07 Å². The van der Waals surface area contributed by atoms with Crippen molar-refractivity contribution in [1.29, 1.82) is 0 Å². The van der Waals surface area contributed by atoms with Crippen LogP contribution in [-0.2, 0) is 30.8 Å². The molecule has 1 fully saturated rings. The first-order chi connectivity index (χ1) is 14.1. The van der Waals surface area contributed by atoms with Gasteiger partial charge >= 0.3 is 6.18 Å². The van der Waals surface area contributed by atoms with Crippen molar-refractivity contribution >= 4 is 38.8 Å². The quantitative estimate of drug-likeness (QED) is 0.495. The lowest BCUT2D eigenvalue weighted by Gasteiger charge is -2.20. The van der Waals surface area contributed by atoms with Crippen molar-refractivity contribution in [2.24, 2.45) is 5.92 Å². The molecule has 0 aromatic heterocycles. The monoisotopic (exact) mass is 443 g/mol. The highest BCUT2D eigenvalue weighted by Crippen LogP contribution is 2.32. The minimum absolute atomic E-state index is 0.0349. The van der Waals surface area contributed by atoms with E-state index in [2.05, 4.69) is 4.74 Å². The van der Waals surface area contributed by atoms with E-state index in [1.807, 2.05) is 0 Å². The third-order valence-corrected chi connectivity index (χ3v) is 5.41. The van der Waals surface area contributed by atoms with E-state index in [1.54, 1.807) is 0 Å². The number of Topliss-reactive ketones (excluding diaryl/α,β-unsaturated/α-hetero) is 3. The van der Waals surface area contributed by atoms with E-state index in [9.17, 15) is 36.0 Å². The summed E-state index contributed by atoms with van der Waals surface area (Å²) in [5, 5.41) is -0.705. The standard InChI is InChI=1S/C17H16ClF3O6S/c1-28(25,26)13-6-5-9(15(18)10(13)7-27-8-17(19,20)21)16(24)14-11(22)3-2-4-12(14)23/h5-6,14H,2-4,7-8H2,1H3/i1D3. The number of hydrogen-bond donors (Lipinski definition) is 0. The van der Waals surface area contributed by atoms with E-state index in [4.69, 9.17) is 15.7 Å². The molecule has 0 atom stereocenters. The predicted octanol–water partition coefficient (Wildman–Crippen LogP) is 2.94. The van der Waals surface area contributed by atoms with Crippen LogP contribution in [0.15, 0.2) is 17.0 Å². The minimum Gasteiger partial charge on any atom is -0.367 e. The van der Waals surface area contributed by atoms with Gasteiger partial charge in [-0.05, 0) is 18.6 Å². The third kappa shape index (κ3) is 5.18. The van der Waals surface area contributed by atoms with Gasteiger partial charge in [-0.15, -0.1) is 0 Å². The van der Waals surface area contributed by atoms with Crippen LogP contribution in [0.4, 0.5) is 13.2 Å². The summed E-state index contributed by atoms with van der Waals surface area (Å²) in [6.45, 7) is -2.88. The third-order valence-electron chi connectivity index (χ3n) is 4.02. The molecule has 1 saturated carbocycles. The summed E-state index contributed by atoms with van der Waals surface area (Å²) in [6, 6.07) is 1.51. The molecule has 2 rings (SSSR count). The van der Waals surface area contributed by atoms with Gasteiger partial charge in [0.05, 0.1) is 16.5 Å². The lowest BCUT2D eigenvalue weighted by atomic mass is 9.81. The Balaban J connectivity index is 2.58. The Morgan fingerprint density at radius 1 is 1.29 bits per heavy atom. The number of halogens is 4. The van der Waals surface area contributed by atoms with Crippen LogP contribution in [0, 0.1) is 5.92 Å². The van der Waals surface area contributed by atoms with Crippen LogP contribution < -0.4 is 0 Å². The first-order valence-electron chi connectivity index (χ1n) is 9.38. The average Bonchev–Trinajstić information content (AvgIpc) is 2.60. The van der Waals surface area contributed by atoms with Gasteiger partial charge in [0.15, 0.2) is 27.2 Å². The Kier molecular flexibility index (Phi) is 5.41. The molecule has 0 bridgehead atoms. The highest BCUT2D eigenvalue weighted by molar-refractivity contribution is 7.90. The van der Waals surface area contributed by atoms with Crippen molar-refractivity contribution in [3.63, 3.8) is 0 Å². The van der Waals surface area contributed by atoms with Gasteiger partial charge in [-0.3, -0.25) is 14.4 Å². The maximum atomic E-state index is 12.8. The summed E-state index contributed by atoms with van der Waals surface area (Å²) in [4.78, 5) is 35.9. The summed E-state index contributed by atoms with van der Waals surface area (Å²) in [5.74, 6) is -4.03. The first kappa shape index (κ1) is 18.3. The van der Waals surface area contributed by atoms with Crippen molar-refractivity contribution < 1.29 is 44.8 Å². The van der Waals surface area contributed by atoms with Gasteiger partial charge in [-0.2, -0.15) is 13.2 Å². The molecule has 0 aliphatic heterocycles. The first-order valence-corrected chi connectivity index (χ1v) is 9.74. The molecule has 0 N–H and O–H groups in total. The molecule has 0 spiro atoms. The van der Waals surface area contributed by atoms with Gasteiger partial charge in [0.25, 0.3) is 0 Å². The molecule has 0 unspecified atom stereocenters. The molecule has 154 valence electrons. The second-order valence-electron chi connectivity index (χ2n) is 6.10. The van der Waals surface area contributed by atoms with Gasteiger partial charge in [-0.25, -0.2) is 8.42 Å².